The Hall–Kier alpha value is -2.63. The van der Waals surface area contributed by atoms with Crippen LogP contribution in [-0.2, 0) is 6.18 Å². The van der Waals surface area contributed by atoms with Crippen LogP contribution in [0.3, 0.4) is 0 Å². The average molecular weight is 308 g/mol. The predicted octanol–water partition coefficient (Wildman–Crippen LogP) is 2.01. The molecule has 3 heterocycles. The van der Waals surface area contributed by atoms with Crippen molar-refractivity contribution in [3.05, 3.63) is 35.9 Å². The highest BCUT2D eigenvalue weighted by Crippen LogP contribution is 2.30. The molecule has 1 aliphatic heterocycles. The quantitative estimate of drug-likeness (QED) is 0.849. The second kappa shape index (κ2) is 5.29. The van der Waals surface area contributed by atoms with Gasteiger partial charge in [0, 0.05) is 25.5 Å². The molecule has 1 fully saturated rings. The van der Waals surface area contributed by atoms with E-state index in [0.717, 1.165) is 12.3 Å². The Kier molecular flexibility index (Phi) is 3.44. The maximum absolute atomic E-state index is 12.7. The van der Waals surface area contributed by atoms with Crippen LogP contribution in [0.1, 0.15) is 23.7 Å². The lowest BCUT2D eigenvalue weighted by molar-refractivity contribution is -0.141. The summed E-state index contributed by atoms with van der Waals surface area (Å²) in [6.45, 7) is 0.988. The number of hydrogen-bond acceptors (Lipinski definition) is 5. The van der Waals surface area contributed by atoms with Gasteiger partial charge in [0.15, 0.2) is 0 Å². The summed E-state index contributed by atoms with van der Waals surface area (Å²) in [6.07, 6.45) is 0.414. The summed E-state index contributed by atoms with van der Waals surface area (Å²) in [4.78, 5) is 9.19. The zero-order valence-corrected chi connectivity index (χ0v) is 11.3. The van der Waals surface area contributed by atoms with Crippen LogP contribution in [0.15, 0.2) is 24.7 Å². The minimum Gasteiger partial charge on any atom is -0.339 e. The Labute approximate surface area is 123 Å². The van der Waals surface area contributed by atoms with Crippen molar-refractivity contribution in [3.63, 3.8) is 0 Å². The van der Waals surface area contributed by atoms with Gasteiger partial charge in [-0.1, -0.05) is 0 Å². The van der Waals surface area contributed by atoms with E-state index >= 15 is 0 Å². The third-order valence-corrected chi connectivity index (χ3v) is 3.48. The highest BCUT2D eigenvalue weighted by atomic mass is 19.4. The maximum atomic E-state index is 12.7. The number of anilines is 1. The number of nitrogens with zero attached hydrogens (tertiary/aromatic N) is 6. The van der Waals surface area contributed by atoms with Crippen LogP contribution in [0.5, 0.6) is 0 Å². The van der Waals surface area contributed by atoms with Gasteiger partial charge in [0.2, 0.25) is 5.95 Å². The van der Waals surface area contributed by atoms with Gasteiger partial charge in [0.05, 0.1) is 17.8 Å². The first-order valence-corrected chi connectivity index (χ1v) is 6.57. The summed E-state index contributed by atoms with van der Waals surface area (Å²) in [5.41, 5.74) is -0.499. The lowest BCUT2D eigenvalue weighted by atomic mass is 10.3. The zero-order valence-electron chi connectivity index (χ0n) is 11.3. The molecular weight excluding hydrogens is 297 g/mol. The summed E-state index contributed by atoms with van der Waals surface area (Å²) in [5.74, 6) is 0.0602. The molecule has 0 bridgehead atoms. The van der Waals surface area contributed by atoms with Gasteiger partial charge in [-0.3, -0.25) is 4.68 Å². The largest absolute Gasteiger partial charge is 0.433 e. The van der Waals surface area contributed by atoms with Gasteiger partial charge in [0.1, 0.15) is 11.8 Å². The number of nitriles is 1. The van der Waals surface area contributed by atoms with Gasteiger partial charge < -0.3 is 4.90 Å². The van der Waals surface area contributed by atoms with Crippen molar-refractivity contribution in [1.29, 1.82) is 5.26 Å². The fourth-order valence-corrected chi connectivity index (χ4v) is 2.39. The zero-order chi connectivity index (χ0) is 15.7. The summed E-state index contributed by atoms with van der Waals surface area (Å²) in [6, 6.07) is 2.83. The van der Waals surface area contributed by atoms with E-state index in [1.54, 1.807) is 15.8 Å². The highest BCUT2D eigenvalue weighted by Gasteiger charge is 2.34. The predicted molar refractivity (Wildman–Crippen MR) is 69.8 cm³/mol. The fourth-order valence-electron chi connectivity index (χ4n) is 2.39. The van der Waals surface area contributed by atoms with Crippen LogP contribution < -0.4 is 4.90 Å². The van der Waals surface area contributed by atoms with E-state index in [2.05, 4.69) is 15.1 Å². The number of rotatable bonds is 2. The molecular formula is C13H11F3N6. The van der Waals surface area contributed by atoms with Crippen molar-refractivity contribution in [1.82, 2.24) is 19.7 Å². The lowest BCUT2D eigenvalue weighted by Crippen LogP contribution is -2.24. The highest BCUT2D eigenvalue weighted by molar-refractivity contribution is 5.33. The first kappa shape index (κ1) is 14.3. The van der Waals surface area contributed by atoms with Crippen molar-refractivity contribution in [3.8, 4) is 6.07 Å². The van der Waals surface area contributed by atoms with Gasteiger partial charge in [-0.25, -0.2) is 9.97 Å². The summed E-state index contributed by atoms with van der Waals surface area (Å²) < 4.78 is 39.7. The monoisotopic (exact) mass is 308 g/mol. The molecule has 22 heavy (non-hydrogen) atoms. The van der Waals surface area contributed by atoms with Gasteiger partial charge in [-0.2, -0.15) is 23.5 Å². The van der Waals surface area contributed by atoms with Crippen molar-refractivity contribution < 1.29 is 13.2 Å². The van der Waals surface area contributed by atoms with E-state index in [9.17, 15) is 13.2 Å². The molecule has 114 valence electrons. The van der Waals surface area contributed by atoms with E-state index in [1.165, 1.54) is 6.20 Å². The SMILES string of the molecule is N#Cc1cnn(C2CCN(c3nccc(C(F)(F)F)n3)C2)c1. The van der Waals surface area contributed by atoms with E-state index in [4.69, 9.17) is 5.26 Å². The third-order valence-electron chi connectivity index (χ3n) is 3.48. The maximum Gasteiger partial charge on any atom is 0.433 e. The van der Waals surface area contributed by atoms with Crippen LogP contribution >= 0.6 is 0 Å². The Morgan fingerprint density at radius 2 is 2.18 bits per heavy atom. The fraction of sp³-hybridized carbons (Fsp3) is 0.385. The summed E-state index contributed by atoms with van der Waals surface area (Å²) in [7, 11) is 0. The van der Waals surface area contributed by atoms with Gasteiger partial charge >= 0.3 is 6.18 Å². The van der Waals surface area contributed by atoms with E-state index < -0.39 is 11.9 Å². The number of halogens is 3. The first-order valence-electron chi connectivity index (χ1n) is 6.57. The standard InChI is InChI=1S/C13H11F3N6/c14-13(15,16)11-1-3-18-12(20-11)21-4-2-10(8-21)22-7-9(5-17)6-19-22/h1,3,6-7,10H,2,4,8H2. The molecule has 0 radical (unpaired) electrons. The molecule has 0 N–H and O–H groups in total. The molecule has 6 nitrogen and oxygen atoms in total. The molecule has 1 aliphatic rings. The Bertz CT molecular complexity index is 717. The van der Waals surface area contributed by atoms with Crippen LogP contribution in [-0.4, -0.2) is 32.8 Å². The van der Waals surface area contributed by atoms with E-state index in [1.807, 2.05) is 6.07 Å². The number of alkyl halides is 3. The molecule has 0 aromatic carbocycles. The Morgan fingerprint density at radius 1 is 1.36 bits per heavy atom. The Balaban J connectivity index is 1.77. The van der Waals surface area contributed by atoms with Crippen molar-refractivity contribution in [2.45, 2.75) is 18.6 Å². The number of aromatic nitrogens is 4. The molecule has 2 aromatic rings. The smallest absolute Gasteiger partial charge is 0.339 e. The second-order valence-corrected chi connectivity index (χ2v) is 4.95. The molecule has 0 aliphatic carbocycles. The second-order valence-electron chi connectivity index (χ2n) is 4.95. The molecule has 3 rings (SSSR count). The van der Waals surface area contributed by atoms with Crippen molar-refractivity contribution in [2.24, 2.45) is 0 Å². The van der Waals surface area contributed by atoms with Crippen molar-refractivity contribution in [2.75, 3.05) is 18.0 Å². The van der Waals surface area contributed by atoms with Crippen LogP contribution in [0.25, 0.3) is 0 Å². The van der Waals surface area contributed by atoms with Gasteiger partial charge in [0.25, 0.3) is 0 Å². The molecule has 0 amide bonds. The van der Waals surface area contributed by atoms with Gasteiger partial charge in [-0.05, 0) is 12.5 Å². The van der Waals surface area contributed by atoms with Gasteiger partial charge in [-0.15, -0.1) is 0 Å². The summed E-state index contributed by atoms with van der Waals surface area (Å²) >= 11 is 0. The normalized spacial score (nSPS) is 18.5. The van der Waals surface area contributed by atoms with Crippen molar-refractivity contribution >= 4 is 5.95 Å². The molecule has 9 heteroatoms. The van der Waals surface area contributed by atoms with Crippen LogP contribution in [0.4, 0.5) is 19.1 Å². The molecule has 0 saturated carbocycles. The molecule has 1 saturated heterocycles. The van der Waals surface area contributed by atoms with Crippen LogP contribution in [0.2, 0.25) is 0 Å². The minimum absolute atomic E-state index is 0.0137. The lowest BCUT2D eigenvalue weighted by Gasteiger charge is -2.17. The topological polar surface area (TPSA) is 70.6 Å². The van der Waals surface area contributed by atoms with E-state index in [-0.39, 0.29) is 12.0 Å². The summed E-state index contributed by atoms with van der Waals surface area (Å²) in [5, 5.41) is 12.9. The Morgan fingerprint density at radius 3 is 2.86 bits per heavy atom. The van der Waals surface area contributed by atoms with Crippen LogP contribution in [0, 0.1) is 11.3 Å². The minimum atomic E-state index is -4.49. The molecule has 1 atom stereocenters. The third kappa shape index (κ3) is 2.72. The average Bonchev–Trinajstić information content (AvgIpc) is 3.15. The molecule has 0 spiro atoms. The van der Waals surface area contributed by atoms with E-state index in [0.29, 0.717) is 25.1 Å². The number of hydrogen-bond donors (Lipinski definition) is 0. The first-order chi connectivity index (χ1) is 10.5. The molecule has 1 unspecified atom stereocenters. The molecule has 2 aromatic heterocycles.